The molecular weight excluding hydrogens is 371 g/mol. The van der Waals surface area contributed by atoms with E-state index in [2.05, 4.69) is 0 Å². The first-order chi connectivity index (χ1) is 13.0. The highest BCUT2D eigenvalue weighted by Gasteiger charge is 2.26. The highest BCUT2D eigenvalue weighted by molar-refractivity contribution is 6.33. The molecule has 1 aliphatic heterocycles. The zero-order valence-electron chi connectivity index (χ0n) is 15.0. The van der Waals surface area contributed by atoms with Crippen LogP contribution in [0.4, 0.5) is 4.39 Å². The van der Waals surface area contributed by atoms with E-state index in [1.165, 1.54) is 12.1 Å². The predicted octanol–water partition coefficient (Wildman–Crippen LogP) is 3.22. The zero-order valence-corrected chi connectivity index (χ0v) is 15.7. The van der Waals surface area contributed by atoms with Crippen molar-refractivity contribution in [2.45, 2.75) is 6.61 Å². The quantitative estimate of drug-likeness (QED) is 0.805. The summed E-state index contributed by atoms with van der Waals surface area (Å²) in [6, 6.07) is 11.0. The van der Waals surface area contributed by atoms with Crippen molar-refractivity contribution in [3.63, 3.8) is 0 Å². The highest BCUT2D eigenvalue weighted by Crippen LogP contribution is 2.20. The van der Waals surface area contributed by atoms with Crippen molar-refractivity contribution in [2.75, 3.05) is 33.3 Å². The summed E-state index contributed by atoms with van der Waals surface area (Å²) in [4.78, 5) is 28.6. The lowest BCUT2D eigenvalue weighted by molar-refractivity contribution is 0.0535. The molecule has 0 bridgehead atoms. The summed E-state index contributed by atoms with van der Waals surface area (Å²) in [6.07, 6.45) is 0. The number of carbonyl (C=O) groups is 2. The molecule has 1 aliphatic rings. The SMILES string of the molecule is COCc1ccc(C(=O)N2CCN(C(=O)c3ccc(F)cc3Cl)CC2)cc1. The average Bonchev–Trinajstić information content (AvgIpc) is 2.68. The van der Waals surface area contributed by atoms with E-state index in [4.69, 9.17) is 16.3 Å². The number of halogens is 2. The van der Waals surface area contributed by atoms with Gasteiger partial charge in [0.25, 0.3) is 11.8 Å². The minimum atomic E-state index is -0.483. The Morgan fingerprint density at radius 1 is 1.00 bits per heavy atom. The van der Waals surface area contributed by atoms with Crippen molar-refractivity contribution >= 4 is 23.4 Å². The number of methoxy groups -OCH3 is 1. The number of carbonyl (C=O) groups excluding carboxylic acids is 2. The maximum absolute atomic E-state index is 13.2. The first-order valence-corrected chi connectivity index (χ1v) is 8.99. The van der Waals surface area contributed by atoms with Gasteiger partial charge in [-0.15, -0.1) is 0 Å². The van der Waals surface area contributed by atoms with E-state index in [0.29, 0.717) is 38.3 Å². The lowest BCUT2D eigenvalue weighted by Gasteiger charge is -2.35. The van der Waals surface area contributed by atoms with E-state index in [1.54, 1.807) is 29.0 Å². The molecule has 0 N–H and O–H groups in total. The molecule has 0 spiro atoms. The Morgan fingerprint density at radius 2 is 1.59 bits per heavy atom. The number of piperazine rings is 1. The van der Waals surface area contributed by atoms with Gasteiger partial charge in [-0.2, -0.15) is 0 Å². The van der Waals surface area contributed by atoms with Crippen LogP contribution in [-0.4, -0.2) is 54.9 Å². The topological polar surface area (TPSA) is 49.9 Å². The molecule has 5 nitrogen and oxygen atoms in total. The van der Waals surface area contributed by atoms with Gasteiger partial charge in [-0.05, 0) is 35.9 Å². The molecule has 27 heavy (non-hydrogen) atoms. The maximum Gasteiger partial charge on any atom is 0.255 e. The summed E-state index contributed by atoms with van der Waals surface area (Å²) in [5.41, 5.74) is 1.88. The normalized spacial score (nSPS) is 14.3. The smallest absolute Gasteiger partial charge is 0.255 e. The first kappa shape index (κ1) is 19.3. The van der Waals surface area contributed by atoms with Crippen LogP contribution in [0.2, 0.25) is 5.02 Å². The maximum atomic E-state index is 13.2. The van der Waals surface area contributed by atoms with Crippen LogP contribution >= 0.6 is 11.6 Å². The molecular formula is C20H20ClFN2O3. The van der Waals surface area contributed by atoms with E-state index in [9.17, 15) is 14.0 Å². The van der Waals surface area contributed by atoms with Gasteiger partial charge in [0.15, 0.2) is 0 Å². The third kappa shape index (κ3) is 4.46. The fourth-order valence-corrected chi connectivity index (χ4v) is 3.29. The van der Waals surface area contributed by atoms with E-state index in [1.807, 2.05) is 12.1 Å². The molecule has 7 heteroatoms. The standard InChI is InChI=1S/C20H20ClFN2O3/c1-27-13-14-2-4-15(5-3-14)19(25)23-8-10-24(11-9-23)20(26)17-7-6-16(22)12-18(17)21/h2-7,12H,8-11,13H2,1H3. The van der Waals surface area contributed by atoms with Crippen LogP contribution in [0.25, 0.3) is 0 Å². The Kier molecular flexibility index (Phi) is 6.08. The number of amides is 2. The summed E-state index contributed by atoms with van der Waals surface area (Å²) >= 11 is 5.98. The van der Waals surface area contributed by atoms with Crippen LogP contribution in [0.3, 0.4) is 0 Å². The number of hydrogen-bond donors (Lipinski definition) is 0. The van der Waals surface area contributed by atoms with Gasteiger partial charge in [0, 0.05) is 38.9 Å². The number of nitrogens with zero attached hydrogens (tertiary/aromatic N) is 2. The van der Waals surface area contributed by atoms with Crippen molar-refractivity contribution in [2.24, 2.45) is 0 Å². The van der Waals surface area contributed by atoms with Crippen LogP contribution in [0.1, 0.15) is 26.3 Å². The van der Waals surface area contributed by atoms with Gasteiger partial charge in [0.2, 0.25) is 0 Å². The van der Waals surface area contributed by atoms with Crippen molar-refractivity contribution in [3.05, 3.63) is 70.0 Å². The second kappa shape index (κ2) is 8.50. The van der Waals surface area contributed by atoms with Crippen LogP contribution in [0, 0.1) is 5.82 Å². The number of ether oxygens (including phenoxy) is 1. The highest BCUT2D eigenvalue weighted by atomic mass is 35.5. The van der Waals surface area contributed by atoms with Gasteiger partial charge >= 0.3 is 0 Å². The lowest BCUT2D eigenvalue weighted by Crippen LogP contribution is -2.50. The van der Waals surface area contributed by atoms with Crippen molar-refractivity contribution < 1.29 is 18.7 Å². The van der Waals surface area contributed by atoms with Crippen molar-refractivity contribution in [1.29, 1.82) is 0 Å². The summed E-state index contributed by atoms with van der Waals surface area (Å²) in [5, 5.41) is 0.0923. The molecule has 3 rings (SSSR count). The van der Waals surface area contributed by atoms with E-state index in [0.717, 1.165) is 11.6 Å². The summed E-state index contributed by atoms with van der Waals surface area (Å²) in [6.45, 7) is 2.17. The molecule has 0 aliphatic carbocycles. The Bertz CT molecular complexity index is 834. The molecule has 1 fully saturated rings. The molecule has 0 radical (unpaired) electrons. The molecule has 2 aromatic rings. The van der Waals surface area contributed by atoms with Crippen molar-refractivity contribution in [1.82, 2.24) is 9.80 Å². The fraction of sp³-hybridized carbons (Fsp3) is 0.300. The van der Waals surface area contributed by atoms with Crippen LogP contribution in [0.15, 0.2) is 42.5 Å². The second-order valence-electron chi connectivity index (χ2n) is 6.34. The second-order valence-corrected chi connectivity index (χ2v) is 6.75. The lowest BCUT2D eigenvalue weighted by atomic mass is 10.1. The molecule has 142 valence electrons. The average molecular weight is 391 g/mol. The van der Waals surface area contributed by atoms with E-state index < -0.39 is 5.82 Å². The van der Waals surface area contributed by atoms with Crippen LogP contribution < -0.4 is 0 Å². The first-order valence-electron chi connectivity index (χ1n) is 8.61. The van der Waals surface area contributed by atoms with E-state index >= 15 is 0 Å². The number of benzene rings is 2. The van der Waals surface area contributed by atoms with Crippen LogP contribution in [0.5, 0.6) is 0 Å². The van der Waals surface area contributed by atoms with Crippen LogP contribution in [-0.2, 0) is 11.3 Å². The van der Waals surface area contributed by atoms with E-state index in [-0.39, 0.29) is 22.4 Å². The molecule has 1 saturated heterocycles. The summed E-state index contributed by atoms with van der Waals surface area (Å²) in [5.74, 6) is -0.801. The molecule has 0 atom stereocenters. The van der Waals surface area contributed by atoms with Gasteiger partial charge in [-0.1, -0.05) is 23.7 Å². The molecule has 2 amide bonds. The minimum Gasteiger partial charge on any atom is -0.380 e. The summed E-state index contributed by atoms with van der Waals surface area (Å²) in [7, 11) is 1.62. The fourth-order valence-electron chi connectivity index (χ4n) is 3.04. The third-order valence-corrected chi connectivity index (χ3v) is 4.84. The summed E-state index contributed by atoms with van der Waals surface area (Å²) < 4.78 is 18.2. The number of hydrogen-bond acceptors (Lipinski definition) is 3. The Morgan fingerprint density at radius 3 is 2.15 bits per heavy atom. The van der Waals surface area contributed by atoms with Gasteiger partial charge in [-0.25, -0.2) is 4.39 Å². The number of rotatable bonds is 4. The zero-order chi connectivity index (χ0) is 19.4. The monoisotopic (exact) mass is 390 g/mol. The third-order valence-electron chi connectivity index (χ3n) is 4.53. The molecule has 0 unspecified atom stereocenters. The van der Waals surface area contributed by atoms with Gasteiger partial charge < -0.3 is 14.5 Å². The van der Waals surface area contributed by atoms with Gasteiger partial charge in [0.05, 0.1) is 17.2 Å². The minimum absolute atomic E-state index is 0.0640. The molecule has 1 heterocycles. The van der Waals surface area contributed by atoms with Gasteiger partial charge in [0.1, 0.15) is 5.82 Å². The Labute approximate surface area is 162 Å². The molecule has 0 aromatic heterocycles. The van der Waals surface area contributed by atoms with Crippen molar-refractivity contribution in [3.8, 4) is 0 Å². The molecule has 2 aromatic carbocycles. The van der Waals surface area contributed by atoms with Gasteiger partial charge in [-0.3, -0.25) is 9.59 Å². The molecule has 0 saturated carbocycles. The Hall–Kier alpha value is -2.44. The largest absolute Gasteiger partial charge is 0.380 e. The predicted molar refractivity (Wildman–Crippen MR) is 100 cm³/mol. The Balaban J connectivity index is 1.61.